The van der Waals surface area contributed by atoms with Gasteiger partial charge in [0.2, 0.25) is 0 Å². The lowest BCUT2D eigenvalue weighted by atomic mass is 9.91. The highest BCUT2D eigenvalue weighted by Gasteiger charge is 2.12. The molecule has 1 rings (SSSR count). The standard InChI is InChI=1S/C9H7BO4/c10-6-1-2-7(9(13)14)5(3-6)4-8(11)12/h1-3H,4H2,(H,11,12)(H,13,14). The van der Waals surface area contributed by atoms with Gasteiger partial charge in [0.15, 0.2) is 0 Å². The van der Waals surface area contributed by atoms with E-state index in [4.69, 9.17) is 18.1 Å². The van der Waals surface area contributed by atoms with Gasteiger partial charge in [0.05, 0.1) is 12.0 Å². The fourth-order valence-electron chi connectivity index (χ4n) is 1.13. The molecule has 2 radical (unpaired) electrons. The van der Waals surface area contributed by atoms with Gasteiger partial charge in [-0.25, -0.2) is 4.79 Å². The zero-order valence-electron chi connectivity index (χ0n) is 7.23. The van der Waals surface area contributed by atoms with Crippen molar-refractivity contribution in [1.82, 2.24) is 0 Å². The molecule has 0 aromatic heterocycles. The average molecular weight is 190 g/mol. The van der Waals surface area contributed by atoms with E-state index in [0.717, 1.165) is 0 Å². The lowest BCUT2D eigenvalue weighted by Gasteiger charge is -2.04. The van der Waals surface area contributed by atoms with E-state index < -0.39 is 11.9 Å². The topological polar surface area (TPSA) is 74.6 Å². The van der Waals surface area contributed by atoms with Crippen LogP contribution in [0.4, 0.5) is 0 Å². The second kappa shape index (κ2) is 3.96. The maximum Gasteiger partial charge on any atom is 0.335 e. The first-order valence-electron chi connectivity index (χ1n) is 3.84. The lowest BCUT2D eigenvalue weighted by Crippen LogP contribution is -2.12. The molecule has 0 aliphatic carbocycles. The van der Waals surface area contributed by atoms with Crippen molar-refractivity contribution >= 4 is 25.2 Å². The Morgan fingerprint density at radius 1 is 1.29 bits per heavy atom. The van der Waals surface area contributed by atoms with Crippen molar-refractivity contribution in [3.05, 3.63) is 29.3 Å². The van der Waals surface area contributed by atoms with Crippen molar-refractivity contribution in [3.63, 3.8) is 0 Å². The molecule has 2 N–H and O–H groups in total. The summed E-state index contributed by atoms with van der Waals surface area (Å²) in [7, 11) is 5.42. The Kier molecular flexibility index (Phi) is 2.91. The first-order valence-corrected chi connectivity index (χ1v) is 3.84. The van der Waals surface area contributed by atoms with Gasteiger partial charge in [0, 0.05) is 0 Å². The zero-order chi connectivity index (χ0) is 10.7. The number of hydrogen-bond donors (Lipinski definition) is 2. The number of rotatable bonds is 3. The number of aromatic carboxylic acids is 1. The summed E-state index contributed by atoms with van der Waals surface area (Å²) in [5.41, 5.74) is 0.540. The van der Waals surface area contributed by atoms with Gasteiger partial charge in [-0.2, -0.15) is 0 Å². The van der Waals surface area contributed by atoms with E-state index in [2.05, 4.69) is 0 Å². The Labute approximate surface area is 81.6 Å². The molecule has 4 nitrogen and oxygen atoms in total. The van der Waals surface area contributed by atoms with Crippen LogP contribution in [0.1, 0.15) is 15.9 Å². The first-order chi connectivity index (χ1) is 6.50. The summed E-state index contributed by atoms with van der Waals surface area (Å²) in [4.78, 5) is 21.1. The number of carbonyl (C=O) groups is 2. The molecule has 0 spiro atoms. The Morgan fingerprint density at radius 2 is 1.93 bits per heavy atom. The average Bonchev–Trinajstić information content (AvgIpc) is 2.01. The number of benzene rings is 1. The van der Waals surface area contributed by atoms with E-state index in [0.29, 0.717) is 5.46 Å². The van der Waals surface area contributed by atoms with Crippen molar-refractivity contribution in [2.45, 2.75) is 6.42 Å². The Bertz CT molecular complexity index is 386. The molecule has 0 aliphatic heterocycles. The van der Waals surface area contributed by atoms with E-state index in [1.807, 2.05) is 0 Å². The second-order valence-corrected chi connectivity index (χ2v) is 2.79. The van der Waals surface area contributed by atoms with E-state index in [9.17, 15) is 9.59 Å². The van der Waals surface area contributed by atoms with Crippen molar-refractivity contribution in [3.8, 4) is 0 Å². The van der Waals surface area contributed by atoms with Crippen LogP contribution < -0.4 is 5.46 Å². The second-order valence-electron chi connectivity index (χ2n) is 2.79. The molecule has 0 unspecified atom stereocenters. The van der Waals surface area contributed by atoms with Crippen LogP contribution in [0.15, 0.2) is 18.2 Å². The van der Waals surface area contributed by atoms with Crippen LogP contribution in [0.25, 0.3) is 0 Å². The minimum atomic E-state index is -1.15. The van der Waals surface area contributed by atoms with Crippen molar-refractivity contribution in [2.75, 3.05) is 0 Å². The van der Waals surface area contributed by atoms with E-state index in [1.165, 1.54) is 18.2 Å². The van der Waals surface area contributed by atoms with Gasteiger partial charge in [-0.3, -0.25) is 4.79 Å². The van der Waals surface area contributed by atoms with Gasteiger partial charge in [0.1, 0.15) is 7.85 Å². The summed E-state index contributed by atoms with van der Waals surface area (Å²) in [5, 5.41) is 17.3. The number of carboxylic acid groups (broad SMARTS) is 2. The molecule has 1 aromatic rings. The largest absolute Gasteiger partial charge is 0.481 e. The molecule has 0 amide bonds. The van der Waals surface area contributed by atoms with Gasteiger partial charge in [0.25, 0.3) is 0 Å². The molecule has 0 atom stereocenters. The quantitative estimate of drug-likeness (QED) is 0.647. The molecule has 0 heterocycles. The van der Waals surface area contributed by atoms with Crippen LogP contribution in [0.2, 0.25) is 0 Å². The number of carboxylic acids is 2. The summed E-state index contributed by atoms with van der Waals surface area (Å²) in [5.74, 6) is -2.24. The lowest BCUT2D eigenvalue weighted by molar-refractivity contribution is -0.136. The third-order valence-corrected chi connectivity index (χ3v) is 1.70. The van der Waals surface area contributed by atoms with Gasteiger partial charge < -0.3 is 10.2 Å². The molecule has 0 saturated carbocycles. The van der Waals surface area contributed by atoms with Crippen molar-refractivity contribution < 1.29 is 19.8 Å². The minimum absolute atomic E-state index is 0.0263. The summed E-state index contributed by atoms with van der Waals surface area (Å²) in [6.07, 6.45) is -0.341. The van der Waals surface area contributed by atoms with Gasteiger partial charge in [-0.15, -0.1) is 0 Å². The summed E-state index contributed by atoms with van der Waals surface area (Å²) < 4.78 is 0. The van der Waals surface area contributed by atoms with Crippen LogP contribution in [0.3, 0.4) is 0 Å². The molecule has 1 aromatic carbocycles. The van der Waals surface area contributed by atoms with Gasteiger partial charge in [-0.1, -0.05) is 17.6 Å². The number of hydrogen-bond acceptors (Lipinski definition) is 2. The molecular formula is C9H7BO4. The van der Waals surface area contributed by atoms with Crippen LogP contribution in [-0.4, -0.2) is 30.0 Å². The Morgan fingerprint density at radius 3 is 2.43 bits per heavy atom. The van der Waals surface area contributed by atoms with E-state index in [-0.39, 0.29) is 17.5 Å². The predicted molar refractivity (Wildman–Crippen MR) is 50.1 cm³/mol. The van der Waals surface area contributed by atoms with Crippen LogP contribution in [0.5, 0.6) is 0 Å². The highest BCUT2D eigenvalue weighted by Crippen LogP contribution is 2.07. The van der Waals surface area contributed by atoms with Crippen molar-refractivity contribution in [2.24, 2.45) is 0 Å². The predicted octanol–water partition coefficient (Wildman–Crippen LogP) is -0.194. The summed E-state index contributed by atoms with van der Waals surface area (Å²) in [6, 6.07) is 4.09. The number of aliphatic carboxylic acids is 1. The zero-order valence-corrected chi connectivity index (χ0v) is 7.23. The third-order valence-electron chi connectivity index (χ3n) is 1.70. The fourth-order valence-corrected chi connectivity index (χ4v) is 1.13. The first kappa shape index (κ1) is 10.3. The molecule has 0 fully saturated rings. The molecule has 5 heteroatoms. The molecule has 70 valence electrons. The summed E-state index contributed by atoms with van der Waals surface area (Å²) >= 11 is 0. The Hall–Kier alpha value is -1.78. The van der Waals surface area contributed by atoms with E-state index in [1.54, 1.807) is 0 Å². The fraction of sp³-hybridized carbons (Fsp3) is 0.111. The Balaban J connectivity index is 3.15. The van der Waals surface area contributed by atoms with Gasteiger partial charge >= 0.3 is 11.9 Å². The third kappa shape index (κ3) is 2.35. The minimum Gasteiger partial charge on any atom is -0.481 e. The summed E-state index contributed by atoms with van der Waals surface area (Å²) in [6.45, 7) is 0. The van der Waals surface area contributed by atoms with E-state index >= 15 is 0 Å². The van der Waals surface area contributed by atoms with Crippen LogP contribution in [-0.2, 0) is 11.2 Å². The maximum atomic E-state index is 10.7. The monoisotopic (exact) mass is 190 g/mol. The SMILES string of the molecule is [B]c1ccc(C(=O)O)c(CC(=O)O)c1. The molecule has 0 aliphatic rings. The molecular weight excluding hydrogens is 183 g/mol. The van der Waals surface area contributed by atoms with Gasteiger partial charge in [-0.05, 0) is 11.6 Å². The highest BCUT2D eigenvalue weighted by atomic mass is 16.4. The smallest absolute Gasteiger partial charge is 0.335 e. The van der Waals surface area contributed by atoms with Crippen LogP contribution in [0, 0.1) is 0 Å². The maximum absolute atomic E-state index is 10.7. The molecule has 14 heavy (non-hydrogen) atoms. The molecule has 0 bridgehead atoms. The molecule has 0 saturated heterocycles. The van der Waals surface area contributed by atoms with Crippen LogP contribution >= 0.6 is 0 Å². The highest BCUT2D eigenvalue weighted by molar-refractivity contribution is 6.32. The normalized spacial score (nSPS) is 9.71. The van der Waals surface area contributed by atoms with Crippen molar-refractivity contribution in [1.29, 1.82) is 0 Å².